The number of rotatable bonds is 86. The Labute approximate surface area is 658 Å². The number of phosphoric acid groups is 2. The highest BCUT2D eigenvalue weighted by Crippen LogP contribution is 2.45. The Morgan fingerprint density at radius 1 is 0.252 bits per heavy atom. The van der Waals surface area contributed by atoms with Crippen molar-refractivity contribution in [1.29, 1.82) is 0 Å². The van der Waals surface area contributed by atoms with Crippen molar-refractivity contribution in [2.75, 3.05) is 39.6 Å². The van der Waals surface area contributed by atoms with Crippen molar-refractivity contribution < 1.29 is 80.2 Å². The minimum absolute atomic E-state index is 0.107. The maximum atomic E-state index is 13.2. The lowest BCUT2D eigenvalue weighted by Crippen LogP contribution is -2.30. The van der Waals surface area contributed by atoms with Gasteiger partial charge in [-0.15, -0.1) is 0 Å². The molecule has 3 N–H and O–H groups in total. The van der Waals surface area contributed by atoms with Crippen molar-refractivity contribution in [3.63, 3.8) is 0 Å². The second kappa shape index (κ2) is 78.0. The molecule has 0 amide bonds. The zero-order chi connectivity index (χ0) is 78.6. The standard InChI is InChI=1S/C88H172O17P2/c1-8-9-10-11-12-13-14-15-16-17-18-19-20-21-26-32-37-42-49-57-64-71-87(92)104-83(75-98-85(90)69-62-55-48-41-36-31-25-23-22-24-29-34-39-45-52-59-66-79(2)3)77-102-106(94,95)100-73-82(89)74-101-107(96,97)103-78-84(76-99-86(91)70-63-56-51-44-47-54-61-68-81(6)7)105-88(93)72-65-58-50-43-38-33-28-27-30-35-40-46-53-60-67-80(4)5/h79-84,89H,8-78H2,1-7H3,(H,94,95)(H,96,97)/t82-,83-,84-/m1/s1. The van der Waals surface area contributed by atoms with Crippen molar-refractivity contribution >= 4 is 39.5 Å². The quantitative estimate of drug-likeness (QED) is 0.0222. The van der Waals surface area contributed by atoms with Gasteiger partial charge in [-0.25, -0.2) is 9.13 Å². The summed E-state index contributed by atoms with van der Waals surface area (Å²) in [5, 5.41) is 10.7. The van der Waals surface area contributed by atoms with Gasteiger partial charge in [0.2, 0.25) is 0 Å². The van der Waals surface area contributed by atoms with Crippen LogP contribution in [0.2, 0.25) is 0 Å². The Kier molecular flexibility index (Phi) is 76.6. The van der Waals surface area contributed by atoms with Gasteiger partial charge in [0, 0.05) is 25.7 Å². The monoisotopic (exact) mass is 1560 g/mol. The maximum Gasteiger partial charge on any atom is 0.472 e. The highest BCUT2D eigenvalue weighted by Gasteiger charge is 2.31. The topological polar surface area (TPSA) is 237 Å². The summed E-state index contributed by atoms with van der Waals surface area (Å²) < 4.78 is 68.9. The van der Waals surface area contributed by atoms with Crippen molar-refractivity contribution in [2.24, 2.45) is 17.8 Å². The first-order valence-electron chi connectivity index (χ1n) is 45.3. The van der Waals surface area contributed by atoms with Crippen LogP contribution in [0.25, 0.3) is 0 Å². The van der Waals surface area contributed by atoms with Crippen molar-refractivity contribution in [2.45, 2.75) is 484 Å². The van der Waals surface area contributed by atoms with Crippen LogP contribution in [0.5, 0.6) is 0 Å². The van der Waals surface area contributed by atoms with Crippen LogP contribution in [-0.4, -0.2) is 96.7 Å². The average molecular weight is 1560 g/mol. The Morgan fingerprint density at radius 2 is 0.430 bits per heavy atom. The van der Waals surface area contributed by atoms with Gasteiger partial charge in [-0.1, -0.05) is 414 Å². The second-order valence-corrected chi connectivity index (χ2v) is 36.0. The fourth-order valence-electron chi connectivity index (χ4n) is 13.7. The zero-order valence-electron chi connectivity index (χ0n) is 70.6. The lowest BCUT2D eigenvalue weighted by molar-refractivity contribution is -0.161. The number of esters is 4. The summed E-state index contributed by atoms with van der Waals surface area (Å²) >= 11 is 0. The Morgan fingerprint density at radius 3 is 0.636 bits per heavy atom. The molecule has 0 fully saturated rings. The smallest absolute Gasteiger partial charge is 0.462 e. The fourth-order valence-corrected chi connectivity index (χ4v) is 15.3. The first kappa shape index (κ1) is 105. The van der Waals surface area contributed by atoms with E-state index in [1.807, 2.05) is 0 Å². The van der Waals surface area contributed by atoms with E-state index in [0.717, 1.165) is 108 Å². The van der Waals surface area contributed by atoms with E-state index in [2.05, 4.69) is 48.5 Å². The summed E-state index contributed by atoms with van der Waals surface area (Å²) in [6.07, 6.45) is 69.6. The lowest BCUT2D eigenvalue weighted by Gasteiger charge is -2.21. The SMILES string of the molecule is CCCCCCCCCCCCCCCCCCCCCCCC(=O)O[C@H](COC(=O)CCCCCCCCCCCCCCCCCCC(C)C)COP(=O)(O)OC[C@@H](O)COP(=O)(O)OC[C@@H](COC(=O)CCCCCCCCCC(C)C)OC(=O)CCCCCCCCCCCCCCCCC(C)C. The number of unbranched alkanes of at least 4 members (excludes halogenated alkanes) is 54. The maximum absolute atomic E-state index is 13.2. The number of aliphatic hydroxyl groups is 1. The minimum Gasteiger partial charge on any atom is -0.462 e. The number of hydrogen-bond acceptors (Lipinski definition) is 15. The molecule has 0 aliphatic rings. The van der Waals surface area contributed by atoms with Gasteiger partial charge in [0.15, 0.2) is 12.2 Å². The largest absolute Gasteiger partial charge is 0.472 e. The molecule has 0 rings (SSSR count). The molecule has 0 aliphatic heterocycles. The third-order valence-corrected chi connectivity index (χ3v) is 22.5. The first-order chi connectivity index (χ1) is 51.7. The van der Waals surface area contributed by atoms with Crippen LogP contribution in [-0.2, 0) is 65.4 Å². The summed E-state index contributed by atoms with van der Waals surface area (Å²) in [5.74, 6) is 0.209. The summed E-state index contributed by atoms with van der Waals surface area (Å²) in [7, 11) is -9.93. The van der Waals surface area contributed by atoms with Crippen LogP contribution in [0, 0.1) is 17.8 Å². The average Bonchev–Trinajstić information content (AvgIpc) is 0.901. The number of aliphatic hydroxyl groups excluding tert-OH is 1. The van der Waals surface area contributed by atoms with E-state index in [1.165, 1.54) is 270 Å². The van der Waals surface area contributed by atoms with E-state index in [-0.39, 0.29) is 25.7 Å². The molecule has 2 unspecified atom stereocenters. The van der Waals surface area contributed by atoms with E-state index >= 15 is 0 Å². The Hall–Kier alpha value is -1.94. The lowest BCUT2D eigenvalue weighted by atomic mass is 10.0. The van der Waals surface area contributed by atoms with Crippen LogP contribution < -0.4 is 0 Å². The van der Waals surface area contributed by atoms with Crippen molar-refractivity contribution in [3.8, 4) is 0 Å². The molecule has 0 spiro atoms. The molecule has 0 saturated heterocycles. The molecular weight excluding hydrogens is 1390 g/mol. The summed E-state index contributed by atoms with van der Waals surface area (Å²) in [4.78, 5) is 73.3. The minimum atomic E-state index is -4.97. The molecule has 0 aromatic carbocycles. The number of hydrogen-bond donors (Lipinski definition) is 3. The van der Waals surface area contributed by atoms with E-state index in [4.69, 9.17) is 37.0 Å². The molecule has 107 heavy (non-hydrogen) atoms. The summed E-state index contributed by atoms with van der Waals surface area (Å²) in [6, 6.07) is 0. The molecule has 636 valence electrons. The van der Waals surface area contributed by atoms with Crippen molar-refractivity contribution in [1.82, 2.24) is 0 Å². The summed E-state index contributed by atoms with van der Waals surface area (Å²) in [5.41, 5.74) is 0. The van der Waals surface area contributed by atoms with Crippen LogP contribution in [0.15, 0.2) is 0 Å². The van der Waals surface area contributed by atoms with E-state index in [9.17, 15) is 43.2 Å². The van der Waals surface area contributed by atoms with Gasteiger partial charge in [0.25, 0.3) is 0 Å². The predicted octanol–water partition coefficient (Wildman–Crippen LogP) is 26.9. The highest BCUT2D eigenvalue weighted by molar-refractivity contribution is 7.47. The van der Waals surface area contributed by atoms with Crippen LogP contribution in [0.1, 0.15) is 466 Å². The fraction of sp³-hybridized carbons (Fsp3) is 0.955. The van der Waals surface area contributed by atoms with Gasteiger partial charge in [-0.2, -0.15) is 0 Å². The van der Waals surface area contributed by atoms with Gasteiger partial charge in [0.1, 0.15) is 19.3 Å². The number of carbonyl (C=O) groups is 4. The van der Waals surface area contributed by atoms with Gasteiger partial charge in [0.05, 0.1) is 26.4 Å². The molecular formula is C88H172O17P2. The van der Waals surface area contributed by atoms with Crippen LogP contribution in [0.4, 0.5) is 0 Å². The van der Waals surface area contributed by atoms with Gasteiger partial charge in [-0.05, 0) is 43.4 Å². The Balaban J connectivity index is 5.23. The first-order valence-corrected chi connectivity index (χ1v) is 48.3. The van der Waals surface area contributed by atoms with Gasteiger partial charge < -0.3 is 33.8 Å². The molecule has 0 aromatic rings. The van der Waals surface area contributed by atoms with Crippen LogP contribution in [0.3, 0.4) is 0 Å². The number of carbonyl (C=O) groups excluding carboxylic acids is 4. The normalized spacial score (nSPS) is 13.8. The highest BCUT2D eigenvalue weighted by atomic mass is 31.2. The van der Waals surface area contributed by atoms with Gasteiger partial charge >= 0.3 is 39.5 Å². The third-order valence-electron chi connectivity index (χ3n) is 20.6. The predicted molar refractivity (Wildman–Crippen MR) is 441 cm³/mol. The molecule has 0 aliphatic carbocycles. The molecule has 17 nitrogen and oxygen atoms in total. The Bertz CT molecular complexity index is 2060. The third kappa shape index (κ3) is 81.9. The van der Waals surface area contributed by atoms with Crippen LogP contribution >= 0.6 is 15.6 Å². The molecule has 0 aromatic heterocycles. The van der Waals surface area contributed by atoms with Gasteiger partial charge in [-0.3, -0.25) is 37.3 Å². The van der Waals surface area contributed by atoms with E-state index in [0.29, 0.717) is 31.6 Å². The molecule has 0 bridgehead atoms. The molecule has 5 atom stereocenters. The van der Waals surface area contributed by atoms with E-state index in [1.54, 1.807) is 0 Å². The molecule has 19 heteroatoms. The number of phosphoric ester groups is 2. The number of ether oxygens (including phenoxy) is 4. The van der Waals surface area contributed by atoms with E-state index < -0.39 is 97.5 Å². The molecule has 0 heterocycles. The van der Waals surface area contributed by atoms with Crippen molar-refractivity contribution in [3.05, 3.63) is 0 Å². The molecule has 0 saturated carbocycles. The zero-order valence-corrected chi connectivity index (χ0v) is 72.4. The second-order valence-electron chi connectivity index (χ2n) is 33.1. The molecule has 0 radical (unpaired) electrons. The summed E-state index contributed by atoms with van der Waals surface area (Å²) in [6.45, 7) is 12.0.